The van der Waals surface area contributed by atoms with E-state index in [-0.39, 0.29) is 17.9 Å². The van der Waals surface area contributed by atoms with E-state index in [4.69, 9.17) is 11.2 Å². The molecule has 1 N–H and O–H groups in total. The molecule has 0 aliphatic rings. The van der Waals surface area contributed by atoms with Crippen LogP contribution in [0, 0.1) is 22.5 Å². The van der Waals surface area contributed by atoms with Crippen LogP contribution in [0.4, 0.5) is 5.69 Å². The average molecular weight is 325 g/mol. The van der Waals surface area contributed by atoms with Crippen molar-refractivity contribution in [3.05, 3.63) is 69.3 Å². The molecule has 1 unspecified atom stereocenters. The number of nitrogens with zero attached hydrogens (tertiary/aromatic N) is 1. The Labute approximate surface area is 141 Å². The maximum atomic E-state index is 11.2. The van der Waals surface area contributed by atoms with Crippen LogP contribution in [0.3, 0.4) is 0 Å². The standard InChI is InChI=1S/C19H19NO4/c1-4-11-24-16-9-10-18(20(22)23)17(12-16)19(21)15-7-5-14(6-8-15)13(2)3/h1,5-10,12-13,19,21H,11H2,2-3H3. The lowest BCUT2D eigenvalue weighted by Gasteiger charge is -2.14. The van der Waals surface area contributed by atoms with Crippen LogP contribution in [0.1, 0.15) is 42.6 Å². The number of ether oxygens (including phenoxy) is 1. The van der Waals surface area contributed by atoms with Crippen molar-refractivity contribution in [3.63, 3.8) is 0 Å². The number of terminal acetylenes is 1. The van der Waals surface area contributed by atoms with Crippen molar-refractivity contribution < 1.29 is 14.8 Å². The highest BCUT2D eigenvalue weighted by molar-refractivity contribution is 5.49. The molecule has 2 aromatic rings. The van der Waals surface area contributed by atoms with Gasteiger partial charge in [0.2, 0.25) is 0 Å². The Morgan fingerprint density at radius 3 is 2.38 bits per heavy atom. The summed E-state index contributed by atoms with van der Waals surface area (Å²) in [6.45, 7) is 4.20. The summed E-state index contributed by atoms with van der Waals surface area (Å²) in [5.74, 6) is 3.08. The fourth-order valence-corrected chi connectivity index (χ4v) is 2.38. The Balaban J connectivity index is 2.40. The minimum Gasteiger partial charge on any atom is -0.481 e. The molecule has 124 valence electrons. The van der Waals surface area contributed by atoms with E-state index in [1.54, 1.807) is 12.1 Å². The van der Waals surface area contributed by atoms with Crippen LogP contribution in [0.5, 0.6) is 5.75 Å². The van der Waals surface area contributed by atoms with Gasteiger partial charge in [-0.2, -0.15) is 0 Å². The highest BCUT2D eigenvalue weighted by atomic mass is 16.6. The van der Waals surface area contributed by atoms with Gasteiger partial charge in [0.15, 0.2) is 0 Å². The minimum atomic E-state index is -1.12. The van der Waals surface area contributed by atoms with Gasteiger partial charge in [0, 0.05) is 6.07 Å². The van der Waals surface area contributed by atoms with E-state index in [2.05, 4.69) is 19.8 Å². The van der Waals surface area contributed by atoms with Gasteiger partial charge in [-0.1, -0.05) is 44.0 Å². The Kier molecular flexibility index (Phi) is 5.56. The second-order valence-corrected chi connectivity index (χ2v) is 5.69. The van der Waals surface area contributed by atoms with Gasteiger partial charge in [0.1, 0.15) is 18.5 Å². The summed E-state index contributed by atoms with van der Waals surface area (Å²) in [5, 5.41) is 21.8. The molecule has 2 aromatic carbocycles. The molecule has 0 bridgehead atoms. The van der Waals surface area contributed by atoms with Gasteiger partial charge in [0.25, 0.3) is 5.69 Å². The fraction of sp³-hybridized carbons (Fsp3) is 0.263. The summed E-state index contributed by atoms with van der Waals surface area (Å²) in [7, 11) is 0. The van der Waals surface area contributed by atoms with Crippen LogP contribution in [0.25, 0.3) is 0 Å². The third-order valence-corrected chi connectivity index (χ3v) is 3.73. The molecule has 0 amide bonds. The van der Waals surface area contributed by atoms with Crippen LogP contribution in [-0.2, 0) is 0 Å². The second kappa shape index (κ2) is 7.62. The first-order valence-electron chi connectivity index (χ1n) is 7.56. The zero-order chi connectivity index (χ0) is 17.7. The molecular formula is C19H19NO4. The Bertz CT molecular complexity index is 760. The van der Waals surface area contributed by atoms with Gasteiger partial charge in [0.05, 0.1) is 10.5 Å². The lowest BCUT2D eigenvalue weighted by Crippen LogP contribution is -2.05. The van der Waals surface area contributed by atoms with Crippen molar-refractivity contribution in [3.8, 4) is 18.1 Å². The van der Waals surface area contributed by atoms with Gasteiger partial charge < -0.3 is 9.84 Å². The summed E-state index contributed by atoms with van der Waals surface area (Å²) >= 11 is 0. The number of aliphatic hydroxyl groups is 1. The molecule has 0 aromatic heterocycles. The quantitative estimate of drug-likeness (QED) is 0.498. The molecule has 0 heterocycles. The van der Waals surface area contributed by atoms with Gasteiger partial charge in [-0.05, 0) is 29.2 Å². The topological polar surface area (TPSA) is 72.6 Å². The molecule has 5 heteroatoms. The molecule has 0 aliphatic carbocycles. The zero-order valence-corrected chi connectivity index (χ0v) is 13.6. The predicted octanol–water partition coefficient (Wildman–Crippen LogP) is 3.81. The number of aliphatic hydroxyl groups excluding tert-OH is 1. The van der Waals surface area contributed by atoms with Crippen molar-refractivity contribution >= 4 is 5.69 Å². The summed E-state index contributed by atoms with van der Waals surface area (Å²) < 4.78 is 5.30. The molecule has 0 aliphatic heterocycles. The van der Waals surface area contributed by atoms with Crippen LogP contribution in [0.15, 0.2) is 42.5 Å². The summed E-state index contributed by atoms with van der Waals surface area (Å²) in [6, 6.07) is 11.6. The highest BCUT2D eigenvalue weighted by Gasteiger charge is 2.23. The predicted molar refractivity (Wildman–Crippen MR) is 92.0 cm³/mol. The van der Waals surface area contributed by atoms with E-state index in [0.29, 0.717) is 17.2 Å². The number of rotatable bonds is 6. The molecule has 24 heavy (non-hydrogen) atoms. The zero-order valence-electron chi connectivity index (χ0n) is 13.6. The Hall–Kier alpha value is -2.84. The van der Waals surface area contributed by atoms with E-state index >= 15 is 0 Å². The lowest BCUT2D eigenvalue weighted by atomic mass is 9.96. The van der Waals surface area contributed by atoms with Gasteiger partial charge in [-0.3, -0.25) is 10.1 Å². The first-order valence-corrected chi connectivity index (χ1v) is 7.56. The van der Waals surface area contributed by atoms with Crippen LogP contribution in [-0.4, -0.2) is 16.6 Å². The number of benzene rings is 2. The summed E-state index contributed by atoms with van der Waals surface area (Å²) in [6.07, 6.45) is 4.03. The first-order chi connectivity index (χ1) is 11.4. The molecule has 5 nitrogen and oxygen atoms in total. The van der Waals surface area contributed by atoms with Crippen LogP contribution in [0.2, 0.25) is 0 Å². The van der Waals surface area contributed by atoms with Crippen molar-refractivity contribution in [1.82, 2.24) is 0 Å². The lowest BCUT2D eigenvalue weighted by molar-refractivity contribution is -0.386. The summed E-state index contributed by atoms with van der Waals surface area (Å²) in [4.78, 5) is 10.7. The fourth-order valence-electron chi connectivity index (χ4n) is 2.38. The minimum absolute atomic E-state index is 0.0520. The molecule has 0 saturated heterocycles. The molecule has 2 rings (SSSR count). The molecule has 0 fully saturated rings. The monoisotopic (exact) mass is 325 g/mol. The van der Waals surface area contributed by atoms with Crippen LogP contribution >= 0.6 is 0 Å². The smallest absolute Gasteiger partial charge is 0.275 e. The van der Waals surface area contributed by atoms with Gasteiger partial charge >= 0.3 is 0 Å². The van der Waals surface area contributed by atoms with E-state index in [1.807, 2.05) is 12.1 Å². The second-order valence-electron chi connectivity index (χ2n) is 5.69. The number of nitro groups is 1. The number of hydrogen-bond donors (Lipinski definition) is 1. The Morgan fingerprint density at radius 1 is 1.21 bits per heavy atom. The molecule has 0 spiro atoms. The molecule has 0 saturated carbocycles. The van der Waals surface area contributed by atoms with Crippen molar-refractivity contribution in [2.75, 3.05) is 6.61 Å². The van der Waals surface area contributed by atoms with Crippen molar-refractivity contribution in [2.24, 2.45) is 0 Å². The highest BCUT2D eigenvalue weighted by Crippen LogP contribution is 2.33. The van der Waals surface area contributed by atoms with Crippen LogP contribution < -0.4 is 4.74 Å². The van der Waals surface area contributed by atoms with Crippen molar-refractivity contribution in [1.29, 1.82) is 0 Å². The largest absolute Gasteiger partial charge is 0.481 e. The Morgan fingerprint density at radius 2 is 1.83 bits per heavy atom. The van der Waals surface area contributed by atoms with E-state index in [1.165, 1.54) is 18.2 Å². The third kappa shape index (κ3) is 3.92. The van der Waals surface area contributed by atoms with E-state index < -0.39 is 11.0 Å². The normalized spacial score (nSPS) is 11.8. The maximum Gasteiger partial charge on any atom is 0.275 e. The van der Waals surface area contributed by atoms with E-state index in [9.17, 15) is 15.2 Å². The number of hydrogen-bond acceptors (Lipinski definition) is 4. The first kappa shape index (κ1) is 17.5. The maximum absolute atomic E-state index is 11.2. The average Bonchev–Trinajstić information content (AvgIpc) is 2.59. The molecule has 0 radical (unpaired) electrons. The van der Waals surface area contributed by atoms with Gasteiger partial charge in [-0.15, -0.1) is 6.42 Å². The summed E-state index contributed by atoms with van der Waals surface area (Å²) in [5.41, 5.74) is 1.72. The van der Waals surface area contributed by atoms with Crippen molar-refractivity contribution in [2.45, 2.75) is 25.9 Å². The number of nitro benzene ring substituents is 1. The third-order valence-electron chi connectivity index (χ3n) is 3.73. The van der Waals surface area contributed by atoms with E-state index in [0.717, 1.165) is 5.56 Å². The molecular weight excluding hydrogens is 306 g/mol. The molecule has 1 atom stereocenters. The van der Waals surface area contributed by atoms with Gasteiger partial charge in [-0.25, -0.2) is 0 Å². The SMILES string of the molecule is C#CCOc1ccc([N+](=O)[O-])c(C(O)c2ccc(C(C)C)cc2)c1.